The fourth-order valence-electron chi connectivity index (χ4n) is 27.4. The minimum absolute atomic E-state index is 0.630. The zero-order valence-corrected chi connectivity index (χ0v) is 87.0. The molecule has 16 aliphatic rings. The van der Waals surface area contributed by atoms with Gasteiger partial charge in [0.2, 0.25) is 0 Å². The van der Waals surface area contributed by atoms with Crippen molar-refractivity contribution in [3.05, 3.63) is 266 Å². The summed E-state index contributed by atoms with van der Waals surface area (Å²) in [5.41, 5.74) is 12.9. The van der Waals surface area contributed by atoms with Crippen LogP contribution in [0.4, 0.5) is 34.1 Å². The number of nitrogens with one attached hydrogen (secondary N) is 5. The Kier molecular flexibility index (Phi) is 27.8. The van der Waals surface area contributed by atoms with Crippen molar-refractivity contribution >= 4 is 202 Å². The van der Waals surface area contributed by atoms with Crippen LogP contribution in [0.15, 0.2) is 245 Å². The van der Waals surface area contributed by atoms with Crippen molar-refractivity contribution in [2.75, 3.05) is 234 Å². The van der Waals surface area contributed by atoms with E-state index in [1.807, 2.05) is 80.2 Å². The number of hydrogen-bond acceptors (Lipinski definition) is 20. The van der Waals surface area contributed by atoms with E-state index in [-0.39, 0.29) is 0 Å². The van der Waals surface area contributed by atoms with Crippen LogP contribution in [-0.2, 0) is 0 Å². The molecular formula is C117H134Cl2N14S6. The maximum Gasteiger partial charge on any atom is 0.0598 e. The van der Waals surface area contributed by atoms with Crippen molar-refractivity contribution in [1.29, 1.82) is 0 Å². The average molecular weight is 2000 g/mol. The number of fused-ring (bicyclic) bond motifs is 15. The third kappa shape index (κ3) is 20.0. The molecule has 16 atom stereocenters. The highest BCUT2D eigenvalue weighted by atomic mass is 35.5. The van der Waals surface area contributed by atoms with Crippen molar-refractivity contribution in [3.8, 4) is 0 Å². The third-order valence-corrected chi connectivity index (χ3v) is 40.7. The molecule has 20 heterocycles. The van der Waals surface area contributed by atoms with E-state index in [1.54, 1.807) is 5.56 Å². The molecule has 9 aromatic carbocycles. The smallest absolute Gasteiger partial charge is 0.0598 e. The van der Waals surface area contributed by atoms with Crippen molar-refractivity contribution < 1.29 is 0 Å². The van der Waals surface area contributed by atoms with Crippen LogP contribution in [0.5, 0.6) is 0 Å². The Balaban J connectivity index is 0.0000000863. The molecule has 722 valence electrons. The molecule has 5 N–H and O–H groups in total. The number of benzene rings is 9. The van der Waals surface area contributed by atoms with Crippen LogP contribution >= 0.6 is 91.2 Å². The molecule has 15 aromatic rings. The van der Waals surface area contributed by atoms with Crippen LogP contribution in [0.25, 0.3) is 76.9 Å². The lowest BCUT2D eigenvalue weighted by atomic mass is 9.91. The minimum atomic E-state index is 0.630. The highest BCUT2D eigenvalue weighted by Crippen LogP contribution is 2.49. The summed E-state index contributed by atoms with van der Waals surface area (Å²) in [6.07, 6.45) is 6.32. The van der Waals surface area contributed by atoms with Gasteiger partial charge in [0.05, 0.1) is 30.8 Å². The Hall–Kier alpha value is -8.20. The van der Waals surface area contributed by atoms with Crippen LogP contribution in [0.3, 0.4) is 0 Å². The normalized spacial score (nSPS) is 28.4. The number of halogens is 2. The quantitative estimate of drug-likeness (QED) is 0.100. The number of thiophene rings is 6. The fraction of sp³-hybridized carbons (Fsp3) is 0.436. The summed E-state index contributed by atoms with van der Waals surface area (Å²) in [7, 11) is 6.75. The van der Waals surface area contributed by atoms with Gasteiger partial charge < -0.3 is 70.7 Å². The molecule has 0 radical (unpaired) electrons. The second-order valence-electron chi connectivity index (χ2n) is 43.4. The van der Waals surface area contributed by atoms with Gasteiger partial charge in [-0.25, -0.2) is 0 Å². The summed E-state index contributed by atoms with van der Waals surface area (Å²) >= 11 is 23.1. The molecule has 31 rings (SSSR count). The minimum Gasteiger partial charge on any atom is -0.371 e. The highest BCUT2D eigenvalue weighted by molar-refractivity contribution is 7.19. The molecule has 15 fully saturated rings. The van der Waals surface area contributed by atoms with Gasteiger partial charge in [0.1, 0.15) is 0 Å². The predicted octanol–water partition coefficient (Wildman–Crippen LogP) is 23.5. The van der Waals surface area contributed by atoms with Crippen LogP contribution in [0, 0.1) is 94.7 Å². The topological polar surface area (TPSA) is 89.3 Å². The summed E-state index contributed by atoms with van der Waals surface area (Å²) in [5, 5.41) is 43.2. The molecule has 22 heteroatoms. The second-order valence-corrected chi connectivity index (χ2v) is 49.9. The van der Waals surface area contributed by atoms with E-state index in [2.05, 4.69) is 324 Å². The number of rotatable bonds is 8. The maximum atomic E-state index is 6.04. The zero-order chi connectivity index (χ0) is 93.1. The number of allylic oxidation sites excluding steroid dienone is 1. The zero-order valence-electron chi connectivity index (χ0n) is 80.6. The Labute approximate surface area is 855 Å². The fourth-order valence-corrected chi connectivity index (χ4v) is 32.8. The molecule has 139 heavy (non-hydrogen) atoms. The lowest BCUT2D eigenvalue weighted by Gasteiger charge is -2.22. The van der Waals surface area contributed by atoms with E-state index in [0.717, 1.165) is 114 Å². The summed E-state index contributed by atoms with van der Waals surface area (Å²) in [6, 6.07) is 75.7. The Bertz CT molecular complexity index is 6520. The molecule has 2 aliphatic carbocycles. The first-order valence-corrected chi connectivity index (χ1v) is 57.9. The predicted molar refractivity (Wildman–Crippen MR) is 602 cm³/mol. The number of likely N-dealkylation sites (tertiary alicyclic amines) is 3. The maximum absolute atomic E-state index is 6.04. The van der Waals surface area contributed by atoms with Gasteiger partial charge in [-0.15, -0.1) is 68.0 Å². The molecule has 0 bridgehead atoms. The molecule has 14 aliphatic heterocycles. The molecule has 1 saturated carbocycles. The van der Waals surface area contributed by atoms with E-state index < -0.39 is 0 Å². The van der Waals surface area contributed by atoms with Gasteiger partial charge in [-0.05, 0) is 363 Å². The summed E-state index contributed by atoms with van der Waals surface area (Å²) in [5.74, 6) is 14.6. The summed E-state index contributed by atoms with van der Waals surface area (Å²) in [6.45, 7) is 34.5. The van der Waals surface area contributed by atoms with Crippen molar-refractivity contribution in [1.82, 2.24) is 41.3 Å². The number of hydrogen-bond donors (Lipinski definition) is 5. The van der Waals surface area contributed by atoms with Crippen LogP contribution in [0.2, 0.25) is 10.0 Å². The van der Waals surface area contributed by atoms with Crippen molar-refractivity contribution in [2.24, 2.45) is 94.7 Å². The van der Waals surface area contributed by atoms with Gasteiger partial charge in [0.25, 0.3) is 0 Å². The Morgan fingerprint density at radius 2 is 0.633 bits per heavy atom. The van der Waals surface area contributed by atoms with Crippen LogP contribution < -0.4 is 56.0 Å². The molecule has 6 aromatic heterocycles. The molecular weight excluding hydrogens is 1860 g/mol. The standard InChI is InChI=1S/C17H19N.3C15H18N2S.3C14H16N2S.C13H13Cl2N/c1-2-6-16-12(4-1)5-3-7-17(16)13-8-14-10-18-11-15(14)9-13;1-16-7-12-9-17(10-13(12)8-16)14-2-3-15-11(6-14)4-5-18-15;1-16-7-11-9-17(10-12(11)8-16)14-3-2-4-15-13(14)5-6-18-15;1-16-7-12-9-17(10-13(12)8-16)14-4-2-3-11-5-6-18-15(11)14;1-2-14-10(3-4-17-14)5-13(1)16-8-11-6-15-7-12(11)9-16;1-2-13(12-4-5-17-14(12)3-1)16-8-10-6-15-7-11(10)9-16;1-2-10-4-5-17-14(10)13(3-1)16-8-11-6-15-7-12(11)9-16;14-12-2-1-8(5-13(12)15)9-3-10-6-16-7-11(10)4-9/h1-7,13-15,18H,8-11H2;2-6,12-13H,7-10H2,1H3;2-6,11-12H,7-10H2,1H3;2-6,12-13H,7-10H2,1H3;1-5,11-12,15H,6-9H2;1-5,10-11,15H,6-9H2;1-5,11-12,15H,6-9H2;1-3,5,10-11,16H,4,6-7H2. The first-order chi connectivity index (χ1) is 68.3. The largest absolute Gasteiger partial charge is 0.371 e. The SMILES string of the molecule is CN1CC2CN(c3ccc4sccc4c3)CC2C1.CN1CC2CN(c3cccc4ccsc34)CC2C1.CN1CC2CN(c3cccc4sccc34)CC2C1.Clc1ccc(C2=CC3CNCC3C2)cc1Cl.c1cc(N2CC3CNCC3C2)c2ccsc2c1.c1cc(N2CC3CNCC3C2)c2sccc2c1.c1cc2cc(N3CC4CNCC4C3)ccc2s1.c1ccc2c(C3CC4CNCC4C3)cccc2c1. The van der Waals surface area contributed by atoms with E-state index >= 15 is 0 Å². The van der Waals surface area contributed by atoms with E-state index in [1.165, 1.54) is 300 Å². The first-order valence-electron chi connectivity index (χ1n) is 51.8. The first kappa shape index (κ1) is 93.2. The molecule has 0 spiro atoms. The van der Waals surface area contributed by atoms with Gasteiger partial charge in [0.15, 0.2) is 0 Å². The Morgan fingerprint density at radius 1 is 0.266 bits per heavy atom. The van der Waals surface area contributed by atoms with Crippen molar-refractivity contribution in [3.63, 3.8) is 0 Å². The molecule has 0 amide bonds. The molecule has 14 saturated heterocycles. The highest BCUT2D eigenvalue weighted by Gasteiger charge is 2.45. The van der Waals surface area contributed by atoms with E-state index in [9.17, 15) is 0 Å². The summed E-state index contributed by atoms with van der Waals surface area (Å²) in [4.78, 5) is 23.0. The third-order valence-electron chi connectivity index (χ3n) is 34.5. The van der Waals surface area contributed by atoms with Gasteiger partial charge in [-0.1, -0.05) is 114 Å². The average Bonchev–Trinajstić information content (AvgIpc) is 1.64. The van der Waals surface area contributed by atoms with Gasteiger partial charge in [-0.3, -0.25) is 0 Å². The van der Waals surface area contributed by atoms with Gasteiger partial charge in [0, 0.05) is 216 Å². The van der Waals surface area contributed by atoms with Gasteiger partial charge in [-0.2, -0.15) is 0 Å². The molecule has 16 unspecified atom stereocenters. The number of anilines is 6. The van der Waals surface area contributed by atoms with E-state index in [0.29, 0.717) is 16.0 Å². The Morgan fingerprint density at radius 3 is 1.11 bits per heavy atom. The van der Waals surface area contributed by atoms with E-state index in [4.69, 9.17) is 23.2 Å². The van der Waals surface area contributed by atoms with Crippen LogP contribution in [0.1, 0.15) is 36.3 Å². The monoisotopic (exact) mass is 2000 g/mol. The lowest BCUT2D eigenvalue weighted by molar-refractivity contribution is 0.387. The summed E-state index contributed by atoms with van der Waals surface area (Å²) < 4.78 is 8.55. The number of nitrogens with zero attached hydrogens (tertiary/aromatic N) is 9. The van der Waals surface area contributed by atoms with Crippen LogP contribution in [-0.4, -0.2) is 219 Å². The second kappa shape index (κ2) is 41.5. The lowest BCUT2D eigenvalue weighted by Crippen LogP contribution is -2.26. The molecule has 14 nitrogen and oxygen atoms in total. The van der Waals surface area contributed by atoms with Crippen molar-refractivity contribution in [2.45, 2.75) is 25.2 Å². The van der Waals surface area contributed by atoms with Gasteiger partial charge >= 0.3 is 0 Å².